The SMILES string of the molecule is C#Cc1c(F)ccc2cc(O)cc(-c3ncc4c(N5CC6CCC(C5)N6)nc(OCC5C[C@@H](OC(=O)N6CCC(c7ccc8c(C9CCC(=O)NC9=O)nn(C)c8c7)CC6)CN5C)nc4c3F)c12. The number of hydrogen-bond acceptors (Lipinski definition) is 13. The summed E-state index contributed by atoms with van der Waals surface area (Å²) in [5.74, 6) is 0.449. The van der Waals surface area contributed by atoms with Gasteiger partial charge in [0.05, 0.1) is 28.1 Å². The summed E-state index contributed by atoms with van der Waals surface area (Å²) in [6.45, 7) is 3.02. The molecule has 350 valence electrons. The fraction of sp³-hybridized carbons (Fsp3) is 0.420. The van der Waals surface area contributed by atoms with Gasteiger partial charge in [0.15, 0.2) is 5.82 Å². The zero-order valence-corrected chi connectivity index (χ0v) is 37.7. The number of phenolic OH excluding ortho intramolecular Hbond substituents is 1. The van der Waals surface area contributed by atoms with Gasteiger partial charge in [0, 0.05) is 93.3 Å². The molecule has 4 unspecified atom stereocenters. The second kappa shape index (κ2) is 17.3. The molecule has 0 radical (unpaired) electrons. The van der Waals surface area contributed by atoms with Gasteiger partial charge in [-0.15, -0.1) is 6.42 Å². The number of piperidine rings is 2. The molecule has 18 heteroatoms. The maximum absolute atomic E-state index is 17.1. The number of imide groups is 1. The van der Waals surface area contributed by atoms with Crippen LogP contribution in [0.15, 0.2) is 48.7 Å². The van der Waals surface area contributed by atoms with Crippen LogP contribution in [0.4, 0.5) is 19.4 Å². The Morgan fingerprint density at radius 1 is 0.971 bits per heavy atom. The first-order valence-corrected chi connectivity index (χ1v) is 23.3. The standard InChI is InChI=1S/C50H50F2N10O6/c1-4-34-39(51)11-6-28-17-32(63)20-37(42(28)34)45-43(52)46-38(21-53-45)47(62-22-29-7-8-30(23-62)54-29)57-49(56-46)67-25-31-19-33(24-59(31)2)68-50(66)61-15-13-26(14-16-61)27-5-9-35-40(18-27)60(3)58-44(35)36-10-12-41(64)55-48(36)65/h1,5-6,9,11,17-18,20-21,26,29-31,33,36,54,63H,7-8,10,12-16,19,22-25H2,2-3H3,(H,55,64,65)/t29?,30?,31?,33-,36?/m1/s1. The molecule has 0 aliphatic carbocycles. The third-order valence-electron chi connectivity index (χ3n) is 14.6. The van der Waals surface area contributed by atoms with E-state index in [-0.39, 0.29) is 101 Å². The van der Waals surface area contributed by atoms with Crippen LogP contribution < -0.4 is 20.3 Å². The number of aromatic nitrogens is 5. The van der Waals surface area contributed by atoms with Gasteiger partial charge in [-0.1, -0.05) is 24.1 Å². The number of piperazine rings is 1. The van der Waals surface area contributed by atoms with E-state index in [0.29, 0.717) is 67.8 Å². The number of hydrogen-bond donors (Lipinski definition) is 3. The Morgan fingerprint density at radius 2 is 1.76 bits per heavy atom. The number of anilines is 1. The summed E-state index contributed by atoms with van der Waals surface area (Å²) in [6.07, 6.45) is 11.3. The van der Waals surface area contributed by atoms with Gasteiger partial charge >= 0.3 is 12.1 Å². The topological polar surface area (TPSA) is 180 Å². The van der Waals surface area contributed by atoms with E-state index < -0.39 is 17.6 Å². The van der Waals surface area contributed by atoms with Crippen LogP contribution in [0.25, 0.3) is 43.8 Å². The normalized spacial score (nSPS) is 23.4. The van der Waals surface area contributed by atoms with Crippen molar-refractivity contribution >= 4 is 56.3 Å². The number of aryl methyl sites for hydroxylation is 1. The molecule has 16 nitrogen and oxygen atoms in total. The van der Waals surface area contributed by atoms with E-state index in [1.54, 1.807) is 9.58 Å². The van der Waals surface area contributed by atoms with Crippen LogP contribution in [-0.4, -0.2) is 128 Å². The number of amides is 3. The first-order valence-electron chi connectivity index (χ1n) is 23.3. The lowest BCUT2D eigenvalue weighted by molar-refractivity contribution is -0.134. The second-order valence-corrected chi connectivity index (χ2v) is 18.9. The van der Waals surface area contributed by atoms with E-state index in [2.05, 4.69) is 53.6 Å². The maximum Gasteiger partial charge on any atom is 0.410 e. The average Bonchev–Trinajstić information content (AvgIpc) is 3.98. The summed E-state index contributed by atoms with van der Waals surface area (Å²) in [7, 11) is 3.80. The fourth-order valence-corrected chi connectivity index (χ4v) is 11.1. The summed E-state index contributed by atoms with van der Waals surface area (Å²) in [5.41, 5.74) is 2.60. The zero-order valence-electron chi connectivity index (χ0n) is 37.7. The molecule has 11 rings (SSSR count). The number of ether oxygens (including phenoxy) is 2. The van der Waals surface area contributed by atoms with Crippen LogP contribution in [0.1, 0.15) is 73.6 Å². The monoisotopic (exact) mass is 924 g/mol. The van der Waals surface area contributed by atoms with Crippen LogP contribution in [0.5, 0.6) is 11.8 Å². The Bertz CT molecular complexity index is 3080. The van der Waals surface area contributed by atoms with E-state index >= 15 is 8.78 Å². The molecule has 2 bridgehead atoms. The van der Waals surface area contributed by atoms with Crippen molar-refractivity contribution < 1.29 is 37.7 Å². The molecule has 3 N–H and O–H groups in total. The number of rotatable bonds is 8. The number of phenols is 1. The van der Waals surface area contributed by atoms with E-state index in [4.69, 9.17) is 20.9 Å². The number of benzene rings is 3. The lowest BCUT2D eigenvalue weighted by atomic mass is 9.88. The van der Waals surface area contributed by atoms with Crippen LogP contribution >= 0.6 is 0 Å². The van der Waals surface area contributed by atoms with Gasteiger partial charge < -0.3 is 29.7 Å². The summed E-state index contributed by atoms with van der Waals surface area (Å²) < 4.78 is 46.3. The minimum Gasteiger partial charge on any atom is -0.508 e. The molecule has 0 saturated carbocycles. The Hall–Kier alpha value is -6.97. The summed E-state index contributed by atoms with van der Waals surface area (Å²) >= 11 is 0. The number of pyridine rings is 1. The van der Waals surface area contributed by atoms with Crippen molar-refractivity contribution in [3.63, 3.8) is 0 Å². The lowest BCUT2D eigenvalue weighted by Gasteiger charge is -2.34. The minimum absolute atomic E-state index is 0.0282. The average molecular weight is 925 g/mol. The molecule has 3 amide bonds. The number of nitrogens with one attached hydrogen (secondary N) is 2. The van der Waals surface area contributed by atoms with Gasteiger partial charge in [-0.25, -0.2) is 13.6 Å². The van der Waals surface area contributed by atoms with Crippen LogP contribution in [0, 0.1) is 24.0 Å². The van der Waals surface area contributed by atoms with Gasteiger partial charge in [0.2, 0.25) is 11.8 Å². The molecule has 5 saturated heterocycles. The molecule has 0 spiro atoms. The van der Waals surface area contributed by atoms with Crippen molar-refractivity contribution in [3.8, 4) is 35.4 Å². The highest BCUT2D eigenvalue weighted by Crippen LogP contribution is 2.40. The molecule has 8 heterocycles. The minimum atomic E-state index is -0.794. The Balaban J connectivity index is 0.773. The Kier molecular flexibility index (Phi) is 11.1. The van der Waals surface area contributed by atoms with Crippen molar-refractivity contribution in [2.24, 2.45) is 7.05 Å². The second-order valence-electron chi connectivity index (χ2n) is 18.9. The third kappa shape index (κ3) is 7.86. The van der Waals surface area contributed by atoms with E-state index in [1.165, 1.54) is 30.5 Å². The number of terminal acetylenes is 1. The largest absolute Gasteiger partial charge is 0.508 e. The van der Waals surface area contributed by atoms with Gasteiger partial charge in [0.1, 0.15) is 41.3 Å². The number of likely N-dealkylation sites (N-methyl/N-ethyl adjacent to an activating group) is 1. The zero-order chi connectivity index (χ0) is 47.0. The number of carbonyl (C=O) groups is 3. The molecule has 5 aliphatic heterocycles. The van der Waals surface area contributed by atoms with Gasteiger partial charge in [-0.2, -0.15) is 15.1 Å². The predicted molar refractivity (Wildman–Crippen MR) is 248 cm³/mol. The van der Waals surface area contributed by atoms with E-state index in [1.807, 2.05) is 20.2 Å². The quantitative estimate of drug-likeness (QED) is 0.127. The number of aromatic hydroxyl groups is 1. The number of fused-ring (bicyclic) bond motifs is 5. The molecule has 68 heavy (non-hydrogen) atoms. The summed E-state index contributed by atoms with van der Waals surface area (Å²) in [5, 5.41) is 23.4. The molecule has 3 aromatic carbocycles. The van der Waals surface area contributed by atoms with Crippen LogP contribution in [-0.2, 0) is 21.4 Å². The fourth-order valence-electron chi connectivity index (χ4n) is 11.1. The van der Waals surface area contributed by atoms with Gasteiger partial charge in [0.25, 0.3) is 0 Å². The Morgan fingerprint density at radius 3 is 2.53 bits per heavy atom. The Labute approximate surface area is 390 Å². The summed E-state index contributed by atoms with van der Waals surface area (Å²) in [4.78, 5) is 57.9. The number of likely N-dealkylation sites (tertiary alicyclic amines) is 2. The van der Waals surface area contributed by atoms with Gasteiger partial charge in [-0.05, 0) is 80.3 Å². The summed E-state index contributed by atoms with van der Waals surface area (Å²) in [6, 6.07) is 12.0. The number of halogens is 2. The first kappa shape index (κ1) is 43.6. The molecule has 5 aliphatic rings. The maximum atomic E-state index is 17.1. The molecule has 5 fully saturated rings. The lowest BCUT2D eigenvalue weighted by Crippen LogP contribution is -2.51. The van der Waals surface area contributed by atoms with E-state index in [9.17, 15) is 19.5 Å². The highest BCUT2D eigenvalue weighted by atomic mass is 19.1. The van der Waals surface area contributed by atoms with E-state index in [0.717, 1.165) is 42.1 Å². The van der Waals surface area contributed by atoms with Crippen molar-refractivity contribution in [1.29, 1.82) is 0 Å². The smallest absolute Gasteiger partial charge is 0.410 e. The van der Waals surface area contributed by atoms with Crippen molar-refractivity contribution in [1.82, 2.24) is 45.2 Å². The van der Waals surface area contributed by atoms with Crippen molar-refractivity contribution in [2.45, 2.75) is 81.0 Å². The highest BCUT2D eigenvalue weighted by molar-refractivity contribution is 6.04. The predicted octanol–water partition coefficient (Wildman–Crippen LogP) is 5.63. The van der Waals surface area contributed by atoms with Crippen molar-refractivity contribution in [2.75, 3.05) is 51.3 Å². The molecule has 6 aromatic rings. The number of nitrogens with zero attached hydrogens (tertiary/aromatic N) is 8. The molecule has 3 aromatic heterocycles. The number of carbonyl (C=O) groups excluding carboxylic acids is 3. The molecular weight excluding hydrogens is 875 g/mol. The van der Waals surface area contributed by atoms with Crippen LogP contribution in [0.2, 0.25) is 0 Å². The first-order chi connectivity index (χ1) is 32.9. The van der Waals surface area contributed by atoms with Gasteiger partial charge in [-0.3, -0.25) is 29.5 Å². The highest BCUT2D eigenvalue weighted by Gasteiger charge is 2.37. The third-order valence-corrected chi connectivity index (χ3v) is 14.6. The molecule has 5 atom stereocenters. The van der Waals surface area contributed by atoms with Crippen LogP contribution in [0.3, 0.4) is 0 Å². The molecular formula is C50H50F2N10O6. The van der Waals surface area contributed by atoms with Crippen molar-refractivity contribution in [3.05, 3.63) is 77.1 Å².